The van der Waals surface area contributed by atoms with E-state index in [0.29, 0.717) is 12.1 Å². The molecular weight excluding hydrogens is 222 g/mol. The molecule has 2 nitrogen and oxygen atoms in total. The van der Waals surface area contributed by atoms with E-state index in [1.165, 1.54) is 5.56 Å². The molecule has 0 bridgehead atoms. The number of likely N-dealkylation sites (tertiary alicyclic amines) is 1. The molecule has 1 saturated heterocycles. The van der Waals surface area contributed by atoms with Gasteiger partial charge in [0.25, 0.3) is 0 Å². The smallest absolute Gasteiger partial charge is 0.0696 e. The van der Waals surface area contributed by atoms with Gasteiger partial charge < -0.3 is 5.11 Å². The number of rotatable bonds is 6. The van der Waals surface area contributed by atoms with Crippen molar-refractivity contribution in [2.24, 2.45) is 0 Å². The molecule has 1 aromatic rings. The minimum absolute atomic E-state index is 0.148. The number of unbranched alkanes of at least 4 members (excludes halogenated alkanes) is 1. The molecule has 0 unspecified atom stereocenters. The molecule has 0 saturated carbocycles. The maximum absolute atomic E-state index is 10.2. The van der Waals surface area contributed by atoms with Crippen molar-refractivity contribution in [3.05, 3.63) is 35.9 Å². The van der Waals surface area contributed by atoms with E-state index in [0.717, 1.165) is 32.2 Å². The van der Waals surface area contributed by atoms with Gasteiger partial charge in [0.2, 0.25) is 0 Å². The fourth-order valence-corrected chi connectivity index (χ4v) is 2.85. The Balaban J connectivity index is 1.93. The van der Waals surface area contributed by atoms with E-state index in [2.05, 4.69) is 49.1 Å². The highest BCUT2D eigenvalue weighted by Crippen LogP contribution is 2.32. The molecule has 1 fully saturated rings. The van der Waals surface area contributed by atoms with Crippen molar-refractivity contribution >= 4 is 0 Å². The first-order valence-electron chi connectivity index (χ1n) is 7.22. The summed E-state index contributed by atoms with van der Waals surface area (Å²) in [7, 11) is 0. The van der Waals surface area contributed by atoms with Crippen LogP contribution in [-0.2, 0) is 0 Å². The Bertz CT molecular complexity index is 351. The Morgan fingerprint density at radius 3 is 2.61 bits per heavy atom. The zero-order chi connectivity index (χ0) is 13.0. The van der Waals surface area contributed by atoms with Crippen LogP contribution in [0.25, 0.3) is 0 Å². The second-order valence-corrected chi connectivity index (χ2v) is 5.39. The highest BCUT2D eigenvalue weighted by molar-refractivity contribution is 5.19. The molecule has 0 aliphatic carbocycles. The van der Waals surface area contributed by atoms with Gasteiger partial charge in [-0.15, -0.1) is 0 Å². The maximum Gasteiger partial charge on any atom is 0.0696 e. The highest BCUT2D eigenvalue weighted by atomic mass is 16.3. The van der Waals surface area contributed by atoms with Gasteiger partial charge in [0.05, 0.1) is 6.10 Å². The third kappa shape index (κ3) is 2.93. The molecule has 18 heavy (non-hydrogen) atoms. The van der Waals surface area contributed by atoms with E-state index >= 15 is 0 Å². The Labute approximate surface area is 111 Å². The van der Waals surface area contributed by atoms with Crippen LogP contribution >= 0.6 is 0 Å². The summed E-state index contributed by atoms with van der Waals surface area (Å²) in [5.41, 5.74) is 1.35. The number of aliphatic hydroxyl groups is 1. The molecule has 0 amide bonds. The Morgan fingerprint density at radius 1 is 1.33 bits per heavy atom. The minimum atomic E-state index is -0.148. The third-order valence-corrected chi connectivity index (χ3v) is 4.19. The summed E-state index contributed by atoms with van der Waals surface area (Å²) in [5.74, 6) is 0. The van der Waals surface area contributed by atoms with Gasteiger partial charge in [-0.05, 0) is 25.3 Å². The van der Waals surface area contributed by atoms with Crippen LogP contribution in [0.4, 0.5) is 0 Å². The summed E-state index contributed by atoms with van der Waals surface area (Å²) in [5, 5.41) is 10.2. The molecule has 3 atom stereocenters. The molecule has 1 aliphatic rings. The van der Waals surface area contributed by atoms with E-state index < -0.39 is 0 Å². The van der Waals surface area contributed by atoms with E-state index in [4.69, 9.17) is 0 Å². The summed E-state index contributed by atoms with van der Waals surface area (Å²) in [6, 6.07) is 11.4. The largest absolute Gasteiger partial charge is 0.391 e. The summed E-state index contributed by atoms with van der Waals surface area (Å²) >= 11 is 0. The van der Waals surface area contributed by atoms with Gasteiger partial charge in [0.15, 0.2) is 0 Å². The SMILES string of the molecule is CCCC[C@H](O)[C@H]1CCN1[C@H](C)c1ccccc1. The van der Waals surface area contributed by atoms with Crippen LogP contribution in [0.2, 0.25) is 0 Å². The van der Waals surface area contributed by atoms with Crippen molar-refractivity contribution in [1.82, 2.24) is 4.90 Å². The topological polar surface area (TPSA) is 23.5 Å². The maximum atomic E-state index is 10.2. The molecule has 1 aromatic carbocycles. The predicted octanol–water partition coefficient (Wildman–Crippen LogP) is 3.37. The fourth-order valence-electron chi connectivity index (χ4n) is 2.85. The molecule has 1 heterocycles. The second-order valence-electron chi connectivity index (χ2n) is 5.39. The normalized spacial score (nSPS) is 23.4. The van der Waals surface area contributed by atoms with Gasteiger partial charge in [0, 0.05) is 18.6 Å². The average molecular weight is 247 g/mol. The van der Waals surface area contributed by atoms with Crippen LogP contribution in [0.1, 0.15) is 51.1 Å². The van der Waals surface area contributed by atoms with Crippen molar-refractivity contribution < 1.29 is 5.11 Å². The van der Waals surface area contributed by atoms with E-state index in [-0.39, 0.29) is 6.10 Å². The Kier molecular flexibility index (Phi) is 4.79. The lowest BCUT2D eigenvalue weighted by atomic mass is 9.90. The van der Waals surface area contributed by atoms with Crippen molar-refractivity contribution in [2.75, 3.05) is 6.54 Å². The Morgan fingerprint density at radius 2 is 2.06 bits per heavy atom. The lowest BCUT2D eigenvalue weighted by Crippen LogP contribution is -2.54. The number of nitrogens with zero attached hydrogens (tertiary/aromatic N) is 1. The van der Waals surface area contributed by atoms with Gasteiger partial charge in [-0.1, -0.05) is 50.1 Å². The van der Waals surface area contributed by atoms with Crippen LogP contribution in [-0.4, -0.2) is 28.7 Å². The average Bonchev–Trinajstić information content (AvgIpc) is 2.36. The second kappa shape index (κ2) is 6.35. The molecule has 0 spiro atoms. The molecule has 1 N–H and O–H groups in total. The zero-order valence-electron chi connectivity index (χ0n) is 11.5. The first kappa shape index (κ1) is 13.6. The predicted molar refractivity (Wildman–Crippen MR) is 75.5 cm³/mol. The van der Waals surface area contributed by atoms with Gasteiger partial charge in [0.1, 0.15) is 0 Å². The number of aliphatic hydroxyl groups excluding tert-OH is 1. The van der Waals surface area contributed by atoms with Gasteiger partial charge in [-0.25, -0.2) is 0 Å². The lowest BCUT2D eigenvalue weighted by molar-refractivity contribution is -0.0415. The highest BCUT2D eigenvalue weighted by Gasteiger charge is 2.36. The molecule has 100 valence electrons. The van der Waals surface area contributed by atoms with Crippen LogP contribution < -0.4 is 0 Å². The van der Waals surface area contributed by atoms with Gasteiger partial charge in [-0.2, -0.15) is 0 Å². The first-order chi connectivity index (χ1) is 8.74. The molecule has 2 rings (SSSR count). The summed E-state index contributed by atoms with van der Waals surface area (Å²) in [4.78, 5) is 2.44. The standard InChI is InChI=1S/C16H25NO/c1-3-4-10-16(18)15-11-12-17(15)13(2)14-8-6-5-7-9-14/h5-9,13,15-16,18H,3-4,10-12H2,1-2H3/t13-,15-,16+/m1/s1. The van der Waals surface area contributed by atoms with Crippen molar-refractivity contribution in [2.45, 2.75) is 57.7 Å². The van der Waals surface area contributed by atoms with E-state index in [9.17, 15) is 5.11 Å². The van der Waals surface area contributed by atoms with Crippen LogP contribution in [0.3, 0.4) is 0 Å². The van der Waals surface area contributed by atoms with Crippen molar-refractivity contribution in [3.8, 4) is 0 Å². The van der Waals surface area contributed by atoms with Crippen molar-refractivity contribution in [1.29, 1.82) is 0 Å². The van der Waals surface area contributed by atoms with E-state index in [1.807, 2.05) is 0 Å². The lowest BCUT2D eigenvalue weighted by Gasteiger charge is -2.47. The van der Waals surface area contributed by atoms with Gasteiger partial charge >= 0.3 is 0 Å². The fraction of sp³-hybridized carbons (Fsp3) is 0.625. The van der Waals surface area contributed by atoms with Gasteiger partial charge in [-0.3, -0.25) is 4.90 Å². The summed E-state index contributed by atoms with van der Waals surface area (Å²) in [6.07, 6.45) is 4.23. The van der Waals surface area contributed by atoms with Crippen LogP contribution in [0, 0.1) is 0 Å². The number of benzene rings is 1. The molecule has 0 radical (unpaired) electrons. The monoisotopic (exact) mass is 247 g/mol. The zero-order valence-corrected chi connectivity index (χ0v) is 11.5. The van der Waals surface area contributed by atoms with E-state index in [1.54, 1.807) is 0 Å². The molecule has 0 aromatic heterocycles. The number of hydrogen-bond donors (Lipinski definition) is 1. The first-order valence-corrected chi connectivity index (χ1v) is 7.22. The summed E-state index contributed by atoms with van der Waals surface area (Å²) in [6.45, 7) is 5.54. The third-order valence-electron chi connectivity index (χ3n) is 4.19. The Hall–Kier alpha value is -0.860. The minimum Gasteiger partial charge on any atom is -0.391 e. The quantitative estimate of drug-likeness (QED) is 0.833. The molecule has 2 heteroatoms. The van der Waals surface area contributed by atoms with Crippen molar-refractivity contribution in [3.63, 3.8) is 0 Å². The molecular formula is C16H25NO. The number of hydrogen-bond acceptors (Lipinski definition) is 2. The van der Waals surface area contributed by atoms with Crippen LogP contribution in [0.5, 0.6) is 0 Å². The summed E-state index contributed by atoms with van der Waals surface area (Å²) < 4.78 is 0. The molecule has 1 aliphatic heterocycles. The van der Waals surface area contributed by atoms with Crippen LogP contribution in [0.15, 0.2) is 30.3 Å².